The molecule has 100 valence electrons. The van der Waals surface area contributed by atoms with Crippen LogP contribution in [0, 0.1) is 6.92 Å². The highest BCUT2D eigenvalue weighted by atomic mass is 35.5. The van der Waals surface area contributed by atoms with Gasteiger partial charge in [-0.05, 0) is 25.0 Å². The summed E-state index contributed by atoms with van der Waals surface area (Å²) in [6.07, 6.45) is 1.74. The topological polar surface area (TPSA) is 37.8 Å². The Hall–Kier alpha value is -1.61. The van der Waals surface area contributed by atoms with E-state index in [0.29, 0.717) is 5.15 Å². The minimum absolute atomic E-state index is 0.517. The summed E-state index contributed by atoms with van der Waals surface area (Å²) in [6, 6.07) is 8.22. The normalized spacial score (nSPS) is 10.5. The lowest BCUT2D eigenvalue weighted by atomic mass is 10.1. The third-order valence-electron chi connectivity index (χ3n) is 3.10. The van der Waals surface area contributed by atoms with E-state index in [1.165, 1.54) is 5.56 Å². The summed E-state index contributed by atoms with van der Waals surface area (Å²) >= 11 is 6.15. The summed E-state index contributed by atoms with van der Waals surface area (Å²) in [5, 5.41) is 3.89. The number of nitrogens with one attached hydrogen (secondary N) is 1. The van der Waals surface area contributed by atoms with Gasteiger partial charge in [0.25, 0.3) is 0 Å². The van der Waals surface area contributed by atoms with Gasteiger partial charge in [0.2, 0.25) is 0 Å². The zero-order valence-electron chi connectivity index (χ0n) is 11.5. The van der Waals surface area contributed by atoms with Crippen LogP contribution in [0.3, 0.4) is 0 Å². The summed E-state index contributed by atoms with van der Waals surface area (Å²) in [6.45, 7) is 6.08. The average Bonchev–Trinajstić information content (AvgIpc) is 2.44. The van der Waals surface area contributed by atoms with E-state index in [2.05, 4.69) is 34.3 Å². The van der Waals surface area contributed by atoms with E-state index in [4.69, 9.17) is 11.6 Å². The molecule has 0 amide bonds. The zero-order chi connectivity index (χ0) is 13.8. The van der Waals surface area contributed by atoms with Crippen molar-refractivity contribution in [1.82, 2.24) is 9.97 Å². The van der Waals surface area contributed by atoms with Crippen LogP contribution in [0.4, 0.5) is 11.5 Å². The molecule has 0 bridgehead atoms. The van der Waals surface area contributed by atoms with E-state index >= 15 is 0 Å². The van der Waals surface area contributed by atoms with Gasteiger partial charge in [-0.25, -0.2) is 9.97 Å². The number of nitrogens with zero attached hydrogens (tertiary/aromatic N) is 2. The molecule has 0 aliphatic rings. The van der Waals surface area contributed by atoms with Crippen LogP contribution in [-0.2, 0) is 12.8 Å². The Labute approximate surface area is 119 Å². The molecule has 0 saturated heterocycles. The number of anilines is 2. The van der Waals surface area contributed by atoms with E-state index in [-0.39, 0.29) is 0 Å². The van der Waals surface area contributed by atoms with Gasteiger partial charge in [-0.1, -0.05) is 43.6 Å². The Balaban J connectivity index is 2.40. The molecular formula is C15H18ClN3. The molecule has 19 heavy (non-hydrogen) atoms. The van der Waals surface area contributed by atoms with Crippen molar-refractivity contribution < 1.29 is 0 Å². The van der Waals surface area contributed by atoms with Crippen LogP contribution in [0.15, 0.2) is 24.3 Å². The number of aryl methyl sites for hydroxylation is 2. The maximum Gasteiger partial charge on any atom is 0.138 e. The lowest BCUT2D eigenvalue weighted by Crippen LogP contribution is -2.04. The number of hydrogen-bond acceptors (Lipinski definition) is 3. The van der Waals surface area contributed by atoms with Gasteiger partial charge in [-0.15, -0.1) is 0 Å². The molecule has 0 radical (unpaired) electrons. The van der Waals surface area contributed by atoms with E-state index in [1.54, 1.807) is 0 Å². The number of benzene rings is 1. The van der Waals surface area contributed by atoms with Crippen LogP contribution < -0.4 is 5.32 Å². The summed E-state index contributed by atoms with van der Waals surface area (Å²) < 4.78 is 0. The Morgan fingerprint density at radius 3 is 2.53 bits per heavy atom. The highest BCUT2D eigenvalue weighted by Crippen LogP contribution is 2.25. The van der Waals surface area contributed by atoms with Crippen molar-refractivity contribution in [2.24, 2.45) is 0 Å². The van der Waals surface area contributed by atoms with Gasteiger partial charge >= 0.3 is 0 Å². The van der Waals surface area contributed by atoms with Gasteiger partial charge in [0.15, 0.2) is 0 Å². The molecule has 3 nitrogen and oxygen atoms in total. The molecule has 4 heteroatoms. The Morgan fingerprint density at radius 1 is 1.11 bits per heavy atom. The quantitative estimate of drug-likeness (QED) is 0.845. The Kier molecular flexibility index (Phi) is 4.38. The van der Waals surface area contributed by atoms with Gasteiger partial charge in [-0.3, -0.25) is 0 Å². The standard InChI is InChI=1S/C15H18ClN3/c1-4-11-8-6-7-9-12(11)17-15-10(3)14(16)18-13(5-2)19-15/h6-9H,4-5H2,1-3H3,(H,17,18,19). The number of hydrogen-bond donors (Lipinski definition) is 1. The molecule has 1 aromatic carbocycles. The first-order valence-electron chi connectivity index (χ1n) is 6.53. The number of aromatic nitrogens is 2. The molecule has 1 heterocycles. The molecule has 2 aromatic rings. The first-order chi connectivity index (χ1) is 9.15. The molecule has 1 N–H and O–H groups in total. The third kappa shape index (κ3) is 3.04. The maximum atomic E-state index is 6.15. The van der Waals surface area contributed by atoms with Crippen LogP contribution in [0.25, 0.3) is 0 Å². The van der Waals surface area contributed by atoms with Gasteiger partial charge in [0.1, 0.15) is 16.8 Å². The zero-order valence-corrected chi connectivity index (χ0v) is 12.3. The van der Waals surface area contributed by atoms with Crippen LogP contribution in [-0.4, -0.2) is 9.97 Å². The second kappa shape index (κ2) is 6.02. The fourth-order valence-electron chi connectivity index (χ4n) is 1.89. The first-order valence-corrected chi connectivity index (χ1v) is 6.91. The molecular weight excluding hydrogens is 258 g/mol. The van der Waals surface area contributed by atoms with Gasteiger partial charge in [0.05, 0.1) is 0 Å². The summed E-state index contributed by atoms with van der Waals surface area (Å²) in [7, 11) is 0. The van der Waals surface area contributed by atoms with Crippen molar-refractivity contribution in [2.45, 2.75) is 33.6 Å². The number of halogens is 1. The minimum atomic E-state index is 0.517. The minimum Gasteiger partial charge on any atom is -0.340 e. The summed E-state index contributed by atoms with van der Waals surface area (Å²) in [5.74, 6) is 1.55. The fourth-order valence-corrected chi connectivity index (χ4v) is 2.08. The molecule has 0 atom stereocenters. The Morgan fingerprint density at radius 2 is 1.84 bits per heavy atom. The Bertz CT molecular complexity index is 582. The van der Waals surface area contributed by atoms with Gasteiger partial charge in [-0.2, -0.15) is 0 Å². The fraction of sp³-hybridized carbons (Fsp3) is 0.333. The molecule has 0 saturated carbocycles. The predicted octanol–water partition coefficient (Wildman–Crippen LogP) is 4.31. The van der Waals surface area contributed by atoms with E-state index in [0.717, 1.165) is 35.7 Å². The van der Waals surface area contributed by atoms with Crippen molar-refractivity contribution in [2.75, 3.05) is 5.32 Å². The molecule has 0 spiro atoms. The van der Waals surface area contributed by atoms with Crippen LogP contribution in [0.2, 0.25) is 5.15 Å². The average molecular weight is 276 g/mol. The highest BCUT2D eigenvalue weighted by Gasteiger charge is 2.10. The monoisotopic (exact) mass is 275 g/mol. The molecule has 0 aliphatic carbocycles. The lowest BCUT2D eigenvalue weighted by molar-refractivity contribution is 0.933. The molecule has 0 fully saturated rings. The second-order valence-electron chi connectivity index (χ2n) is 4.39. The third-order valence-corrected chi connectivity index (χ3v) is 3.47. The van der Waals surface area contributed by atoms with Crippen LogP contribution >= 0.6 is 11.6 Å². The molecule has 2 rings (SSSR count). The predicted molar refractivity (Wildman–Crippen MR) is 80.3 cm³/mol. The molecule has 0 unspecified atom stereocenters. The summed E-state index contributed by atoms with van der Waals surface area (Å²) in [5.41, 5.74) is 3.21. The van der Waals surface area contributed by atoms with Crippen LogP contribution in [0.1, 0.15) is 30.8 Å². The van der Waals surface area contributed by atoms with Crippen molar-refractivity contribution >= 4 is 23.1 Å². The first kappa shape index (κ1) is 13.8. The SMILES string of the molecule is CCc1nc(Cl)c(C)c(Nc2ccccc2CC)n1. The largest absolute Gasteiger partial charge is 0.340 e. The van der Waals surface area contributed by atoms with E-state index in [1.807, 2.05) is 26.0 Å². The van der Waals surface area contributed by atoms with Gasteiger partial charge < -0.3 is 5.32 Å². The summed E-state index contributed by atoms with van der Waals surface area (Å²) in [4.78, 5) is 8.77. The van der Waals surface area contributed by atoms with E-state index in [9.17, 15) is 0 Å². The maximum absolute atomic E-state index is 6.15. The van der Waals surface area contributed by atoms with Crippen molar-refractivity contribution in [1.29, 1.82) is 0 Å². The lowest BCUT2D eigenvalue weighted by Gasteiger charge is -2.13. The number of rotatable bonds is 4. The molecule has 0 aliphatic heterocycles. The van der Waals surface area contributed by atoms with Crippen molar-refractivity contribution in [3.8, 4) is 0 Å². The number of para-hydroxylation sites is 1. The van der Waals surface area contributed by atoms with Crippen LogP contribution in [0.5, 0.6) is 0 Å². The van der Waals surface area contributed by atoms with E-state index < -0.39 is 0 Å². The highest BCUT2D eigenvalue weighted by molar-refractivity contribution is 6.30. The van der Waals surface area contributed by atoms with Crippen molar-refractivity contribution in [3.63, 3.8) is 0 Å². The smallest absolute Gasteiger partial charge is 0.138 e. The molecule has 1 aromatic heterocycles. The van der Waals surface area contributed by atoms with Crippen molar-refractivity contribution in [3.05, 3.63) is 46.4 Å². The second-order valence-corrected chi connectivity index (χ2v) is 4.75. The van der Waals surface area contributed by atoms with Gasteiger partial charge in [0, 0.05) is 17.7 Å².